The number of nitrogens with zero attached hydrogens (tertiary/aromatic N) is 1. The molecule has 2 unspecified atom stereocenters. The molecule has 0 aromatic heterocycles. The number of anilines is 1. The van der Waals surface area contributed by atoms with Crippen molar-refractivity contribution in [2.75, 3.05) is 5.32 Å². The van der Waals surface area contributed by atoms with Gasteiger partial charge in [-0.05, 0) is 48.4 Å². The maximum atomic E-state index is 13.0. The number of halogens is 4. The molecule has 0 saturated carbocycles. The van der Waals surface area contributed by atoms with Crippen molar-refractivity contribution in [3.63, 3.8) is 0 Å². The monoisotopic (exact) mass is 465 g/mol. The lowest BCUT2D eigenvalue weighted by Gasteiger charge is -2.38. The molecular formula is C21H19ClF3N5O2. The number of rotatable bonds is 3. The summed E-state index contributed by atoms with van der Waals surface area (Å²) in [6.07, 6.45) is -4.71. The van der Waals surface area contributed by atoms with Crippen molar-refractivity contribution in [2.24, 2.45) is 11.6 Å². The number of nitrogens with one attached hydrogen (secondary N) is 2. The van der Waals surface area contributed by atoms with Crippen LogP contribution in [0.1, 0.15) is 36.1 Å². The number of benzene rings is 2. The highest BCUT2D eigenvalue weighted by molar-refractivity contribution is 6.31. The summed E-state index contributed by atoms with van der Waals surface area (Å²) in [4.78, 5) is 25.6. The summed E-state index contributed by atoms with van der Waals surface area (Å²) >= 11 is 6.12. The van der Waals surface area contributed by atoms with Crippen LogP contribution >= 0.6 is 11.6 Å². The predicted molar refractivity (Wildman–Crippen MR) is 112 cm³/mol. The van der Waals surface area contributed by atoms with E-state index in [0.717, 1.165) is 17.1 Å². The molecule has 0 radical (unpaired) electrons. The molecule has 7 nitrogen and oxygen atoms in total. The van der Waals surface area contributed by atoms with Crippen LogP contribution in [0.4, 0.5) is 18.9 Å². The van der Waals surface area contributed by atoms with Crippen LogP contribution in [0.5, 0.6) is 0 Å². The first kappa shape index (κ1) is 22.0. The number of hydrogen-bond acceptors (Lipinski definition) is 5. The molecule has 2 aromatic carbocycles. The molecule has 1 spiro atoms. The molecule has 2 heterocycles. The van der Waals surface area contributed by atoms with Crippen LogP contribution in [-0.2, 0) is 21.2 Å². The summed E-state index contributed by atoms with van der Waals surface area (Å²) in [5.74, 6) is 5.26. The first-order valence-electron chi connectivity index (χ1n) is 9.58. The number of hydrogen-bond donors (Lipinski definition) is 4. The van der Waals surface area contributed by atoms with E-state index in [2.05, 4.69) is 10.6 Å². The largest absolute Gasteiger partial charge is 0.416 e. The number of amides is 2. The second-order valence-corrected chi connectivity index (χ2v) is 8.18. The van der Waals surface area contributed by atoms with E-state index < -0.39 is 35.0 Å². The van der Waals surface area contributed by atoms with E-state index in [1.165, 1.54) is 12.1 Å². The number of carbonyl (C=O) groups is 2. The standard InChI is InChI=1S/C21H19ClF3N5O2/c1-10(11-2-4-12(5-3-11)21(23,24)25)30(27)18-17(26)20(9-16(31)29-18)14-8-13(22)6-7-15(14)28-19(20)32/h2-8,10H,9,26-27H2,1H3,(H,28,32)(H,29,31). The molecule has 2 aliphatic rings. The minimum atomic E-state index is -4.47. The lowest BCUT2D eigenvalue weighted by atomic mass is 9.74. The Morgan fingerprint density at radius 1 is 1.12 bits per heavy atom. The Bertz CT molecular complexity index is 1150. The van der Waals surface area contributed by atoms with E-state index in [4.69, 9.17) is 23.2 Å². The van der Waals surface area contributed by atoms with Gasteiger partial charge in [0, 0.05) is 10.7 Å². The first-order chi connectivity index (χ1) is 14.9. The maximum Gasteiger partial charge on any atom is 0.416 e. The average Bonchev–Trinajstić information content (AvgIpc) is 3.00. The zero-order valence-corrected chi connectivity index (χ0v) is 17.5. The summed E-state index contributed by atoms with van der Waals surface area (Å²) in [6.45, 7) is 1.63. The number of carbonyl (C=O) groups excluding carboxylic acids is 2. The molecule has 0 bridgehead atoms. The van der Waals surface area contributed by atoms with Crippen LogP contribution in [0.2, 0.25) is 5.02 Å². The quantitative estimate of drug-likeness (QED) is 0.411. The summed E-state index contributed by atoms with van der Waals surface area (Å²) in [6, 6.07) is 8.59. The molecule has 6 N–H and O–H groups in total. The third-order valence-corrected chi connectivity index (χ3v) is 6.11. The van der Waals surface area contributed by atoms with Gasteiger partial charge >= 0.3 is 6.18 Å². The lowest BCUT2D eigenvalue weighted by molar-refractivity contribution is -0.137. The van der Waals surface area contributed by atoms with Crippen LogP contribution in [0.3, 0.4) is 0 Å². The van der Waals surface area contributed by atoms with Crippen LogP contribution < -0.4 is 22.2 Å². The molecule has 2 atom stereocenters. The summed E-state index contributed by atoms with van der Waals surface area (Å²) in [5, 5.41) is 6.81. The Morgan fingerprint density at radius 2 is 1.78 bits per heavy atom. The zero-order chi connectivity index (χ0) is 23.4. The number of alkyl halides is 3. The molecular weight excluding hydrogens is 447 g/mol. The molecule has 2 aliphatic heterocycles. The predicted octanol–water partition coefficient (Wildman–Crippen LogP) is 3.13. The minimum Gasteiger partial charge on any atom is -0.398 e. The van der Waals surface area contributed by atoms with Crippen molar-refractivity contribution in [3.05, 3.63) is 75.7 Å². The van der Waals surface area contributed by atoms with Gasteiger partial charge < -0.3 is 16.4 Å². The smallest absolute Gasteiger partial charge is 0.398 e. The Morgan fingerprint density at radius 3 is 2.41 bits per heavy atom. The molecule has 168 valence electrons. The maximum absolute atomic E-state index is 13.0. The second kappa shape index (κ2) is 7.42. The SMILES string of the molecule is CC(c1ccc(C(F)(F)F)cc1)N(N)C1=C(N)C2(CC(=O)N1)C(=O)Nc1ccc(Cl)cc12. The number of hydrazine groups is 1. The van der Waals surface area contributed by atoms with Gasteiger partial charge in [-0.25, -0.2) is 5.84 Å². The summed E-state index contributed by atoms with van der Waals surface area (Å²) < 4.78 is 38.6. The highest BCUT2D eigenvalue weighted by Crippen LogP contribution is 2.47. The minimum absolute atomic E-state index is 0.00313. The molecule has 4 rings (SSSR count). The van der Waals surface area contributed by atoms with Crippen LogP contribution in [0.15, 0.2) is 54.0 Å². The van der Waals surface area contributed by atoms with E-state index in [0.29, 0.717) is 21.8 Å². The van der Waals surface area contributed by atoms with Crippen LogP contribution in [-0.4, -0.2) is 16.8 Å². The van der Waals surface area contributed by atoms with Crippen LogP contribution in [0.25, 0.3) is 0 Å². The van der Waals surface area contributed by atoms with E-state index in [1.54, 1.807) is 25.1 Å². The Kier molecular flexibility index (Phi) is 5.09. The van der Waals surface area contributed by atoms with E-state index in [1.807, 2.05) is 0 Å². The molecule has 11 heteroatoms. The van der Waals surface area contributed by atoms with Gasteiger partial charge in [-0.2, -0.15) is 13.2 Å². The fourth-order valence-electron chi connectivity index (χ4n) is 4.06. The van der Waals surface area contributed by atoms with Gasteiger partial charge in [-0.15, -0.1) is 0 Å². The van der Waals surface area contributed by atoms with Crippen molar-refractivity contribution in [3.8, 4) is 0 Å². The third kappa shape index (κ3) is 3.35. The van der Waals surface area contributed by atoms with Gasteiger partial charge in [0.05, 0.1) is 23.7 Å². The van der Waals surface area contributed by atoms with E-state index in [-0.39, 0.29) is 17.9 Å². The Labute approximate surface area is 186 Å². The molecule has 0 fully saturated rings. The van der Waals surface area contributed by atoms with Crippen molar-refractivity contribution >= 4 is 29.1 Å². The van der Waals surface area contributed by atoms with Crippen LogP contribution in [0, 0.1) is 0 Å². The van der Waals surface area contributed by atoms with E-state index >= 15 is 0 Å². The van der Waals surface area contributed by atoms with Crippen molar-refractivity contribution in [2.45, 2.75) is 31.0 Å². The summed E-state index contributed by atoms with van der Waals surface area (Å²) in [5.41, 5.74) is 5.53. The fraction of sp³-hybridized carbons (Fsp3) is 0.238. The van der Waals surface area contributed by atoms with Gasteiger partial charge in [0.1, 0.15) is 11.2 Å². The second-order valence-electron chi connectivity index (χ2n) is 7.74. The lowest BCUT2D eigenvalue weighted by Crippen LogP contribution is -2.54. The fourth-order valence-corrected chi connectivity index (χ4v) is 4.24. The average molecular weight is 466 g/mol. The molecule has 0 aliphatic carbocycles. The van der Waals surface area contributed by atoms with Crippen molar-refractivity contribution in [1.29, 1.82) is 0 Å². The Balaban J connectivity index is 1.75. The zero-order valence-electron chi connectivity index (χ0n) is 16.8. The number of nitrogens with two attached hydrogens (primary N) is 2. The normalized spacial score (nSPS) is 21.3. The van der Waals surface area contributed by atoms with Gasteiger partial charge in [-0.1, -0.05) is 23.7 Å². The van der Waals surface area contributed by atoms with Crippen molar-refractivity contribution in [1.82, 2.24) is 10.3 Å². The van der Waals surface area contributed by atoms with Gasteiger partial charge in [0.25, 0.3) is 0 Å². The third-order valence-electron chi connectivity index (χ3n) is 5.87. The van der Waals surface area contributed by atoms with Gasteiger partial charge in [-0.3, -0.25) is 14.6 Å². The number of fused-ring (bicyclic) bond motifs is 2. The Hall–Kier alpha value is -3.24. The van der Waals surface area contributed by atoms with E-state index in [9.17, 15) is 22.8 Å². The highest BCUT2D eigenvalue weighted by atomic mass is 35.5. The topological polar surface area (TPSA) is 113 Å². The molecule has 32 heavy (non-hydrogen) atoms. The molecule has 0 saturated heterocycles. The molecule has 2 amide bonds. The highest BCUT2D eigenvalue weighted by Gasteiger charge is 2.54. The van der Waals surface area contributed by atoms with Gasteiger partial charge in [0.15, 0.2) is 0 Å². The molecule has 2 aromatic rings. The van der Waals surface area contributed by atoms with Crippen molar-refractivity contribution < 1.29 is 22.8 Å². The first-order valence-corrected chi connectivity index (χ1v) is 9.95. The van der Waals surface area contributed by atoms with Gasteiger partial charge in [0.2, 0.25) is 11.8 Å². The summed E-state index contributed by atoms with van der Waals surface area (Å²) in [7, 11) is 0.